The van der Waals surface area contributed by atoms with Crippen LogP contribution in [0.25, 0.3) is 0 Å². The van der Waals surface area contributed by atoms with Crippen molar-refractivity contribution in [3.63, 3.8) is 0 Å². The SMILES string of the molecule is CCCC(=O)C1CCS(=O)(=O)c2ccccc21. The highest BCUT2D eigenvalue weighted by Crippen LogP contribution is 2.34. The lowest BCUT2D eigenvalue weighted by Crippen LogP contribution is -2.25. The number of Topliss-reactive ketones (excluding diaryl/α,β-unsaturated/α-hetero) is 1. The molecule has 0 saturated heterocycles. The zero-order valence-electron chi connectivity index (χ0n) is 9.85. The molecule has 1 unspecified atom stereocenters. The summed E-state index contributed by atoms with van der Waals surface area (Å²) in [5.41, 5.74) is 0.692. The normalized spacial score (nSPS) is 21.8. The van der Waals surface area contributed by atoms with Crippen molar-refractivity contribution in [3.8, 4) is 0 Å². The molecule has 2 rings (SSSR count). The molecule has 0 radical (unpaired) electrons. The smallest absolute Gasteiger partial charge is 0.178 e. The highest BCUT2D eigenvalue weighted by molar-refractivity contribution is 7.91. The van der Waals surface area contributed by atoms with Crippen molar-refractivity contribution in [1.82, 2.24) is 0 Å². The number of carbonyl (C=O) groups is 1. The lowest BCUT2D eigenvalue weighted by Gasteiger charge is -2.24. The molecule has 1 aliphatic rings. The Morgan fingerprint density at radius 2 is 2.06 bits per heavy atom. The lowest BCUT2D eigenvalue weighted by molar-refractivity contribution is -0.120. The summed E-state index contributed by atoms with van der Waals surface area (Å²) in [6, 6.07) is 6.88. The second kappa shape index (κ2) is 4.61. The topological polar surface area (TPSA) is 51.2 Å². The van der Waals surface area contributed by atoms with E-state index in [9.17, 15) is 13.2 Å². The number of ketones is 1. The molecule has 0 bridgehead atoms. The Balaban J connectivity index is 2.45. The van der Waals surface area contributed by atoms with Gasteiger partial charge in [0.1, 0.15) is 5.78 Å². The van der Waals surface area contributed by atoms with Crippen molar-refractivity contribution >= 4 is 15.6 Å². The van der Waals surface area contributed by atoms with Gasteiger partial charge in [0.25, 0.3) is 0 Å². The lowest BCUT2D eigenvalue weighted by atomic mass is 9.90. The Morgan fingerprint density at radius 1 is 1.35 bits per heavy atom. The molecule has 92 valence electrons. The third-order valence-corrected chi connectivity index (χ3v) is 5.00. The van der Waals surface area contributed by atoms with Crippen LogP contribution in [0.3, 0.4) is 0 Å². The minimum Gasteiger partial charge on any atom is -0.299 e. The third-order valence-electron chi connectivity index (χ3n) is 3.19. The van der Waals surface area contributed by atoms with Gasteiger partial charge in [0.05, 0.1) is 10.6 Å². The van der Waals surface area contributed by atoms with E-state index in [0.717, 1.165) is 6.42 Å². The molecule has 1 aromatic carbocycles. The number of hydrogen-bond acceptors (Lipinski definition) is 3. The highest BCUT2D eigenvalue weighted by atomic mass is 32.2. The molecule has 1 heterocycles. The summed E-state index contributed by atoms with van der Waals surface area (Å²) in [4.78, 5) is 12.3. The summed E-state index contributed by atoms with van der Waals surface area (Å²) < 4.78 is 23.8. The molecule has 4 heteroatoms. The number of carbonyl (C=O) groups excluding carboxylic acids is 1. The van der Waals surface area contributed by atoms with Crippen LogP contribution < -0.4 is 0 Å². The molecule has 1 aromatic rings. The highest BCUT2D eigenvalue weighted by Gasteiger charge is 2.33. The average molecular weight is 252 g/mol. The molecule has 0 N–H and O–H groups in total. The van der Waals surface area contributed by atoms with Crippen molar-refractivity contribution in [2.45, 2.75) is 37.0 Å². The van der Waals surface area contributed by atoms with Gasteiger partial charge in [0.15, 0.2) is 9.84 Å². The van der Waals surface area contributed by atoms with Gasteiger partial charge < -0.3 is 0 Å². The molecule has 0 amide bonds. The molecule has 0 saturated carbocycles. The van der Waals surface area contributed by atoms with Gasteiger partial charge in [-0.2, -0.15) is 0 Å². The Hall–Kier alpha value is -1.16. The van der Waals surface area contributed by atoms with E-state index in [1.54, 1.807) is 24.3 Å². The molecular formula is C13H16O3S. The zero-order valence-corrected chi connectivity index (χ0v) is 10.7. The van der Waals surface area contributed by atoms with Gasteiger partial charge in [0.2, 0.25) is 0 Å². The Kier molecular flexibility index (Phi) is 3.33. The van der Waals surface area contributed by atoms with E-state index in [0.29, 0.717) is 23.3 Å². The quantitative estimate of drug-likeness (QED) is 0.829. The van der Waals surface area contributed by atoms with Crippen LogP contribution in [0.2, 0.25) is 0 Å². The molecule has 0 spiro atoms. The summed E-state index contributed by atoms with van der Waals surface area (Å²) in [6.45, 7) is 1.96. The Labute approximate surface area is 102 Å². The number of hydrogen-bond donors (Lipinski definition) is 0. The van der Waals surface area contributed by atoms with E-state index in [2.05, 4.69) is 0 Å². The molecule has 17 heavy (non-hydrogen) atoms. The van der Waals surface area contributed by atoms with Crippen molar-refractivity contribution in [2.24, 2.45) is 0 Å². The van der Waals surface area contributed by atoms with Gasteiger partial charge in [-0.15, -0.1) is 0 Å². The van der Waals surface area contributed by atoms with Gasteiger partial charge in [-0.1, -0.05) is 25.1 Å². The van der Waals surface area contributed by atoms with E-state index in [1.165, 1.54) is 0 Å². The fourth-order valence-electron chi connectivity index (χ4n) is 2.35. The average Bonchev–Trinajstić information content (AvgIpc) is 2.29. The number of sulfone groups is 1. The molecule has 0 fully saturated rings. The molecule has 3 nitrogen and oxygen atoms in total. The first-order valence-electron chi connectivity index (χ1n) is 5.90. The molecule has 0 aliphatic carbocycles. The Bertz CT molecular complexity index is 531. The van der Waals surface area contributed by atoms with E-state index < -0.39 is 9.84 Å². The second-order valence-electron chi connectivity index (χ2n) is 4.41. The van der Waals surface area contributed by atoms with Gasteiger partial charge in [0, 0.05) is 12.3 Å². The first-order chi connectivity index (χ1) is 8.06. The summed E-state index contributed by atoms with van der Waals surface area (Å²) in [6.07, 6.45) is 1.77. The number of rotatable bonds is 3. The van der Waals surface area contributed by atoms with Crippen LogP contribution >= 0.6 is 0 Å². The van der Waals surface area contributed by atoms with Crippen LogP contribution in [-0.4, -0.2) is 20.0 Å². The molecule has 1 aliphatic heterocycles. The predicted molar refractivity (Wildman–Crippen MR) is 65.8 cm³/mol. The van der Waals surface area contributed by atoms with Gasteiger partial charge in [-0.05, 0) is 24.5 Å². The van der Waals surface area contributed by atoms with Crippen molar-refractivity contribution in [1.29, 1.82) is 0 Å². The van der Waals surface area contributed by atoms with Crippen molar-refractivity contribution in [3.05, 3.63) is 29.8 Å². The number of fused-ring (bicyclic) bond motifs is 1. The summed E-state index contributed by atoms with van der Waals surface area (Å²) in [5, 5.41) is 0. The minimum atomic E-state index is -3.18. The number of benzene rings is 1. The molecule has 1 atom stereocenters. The van der Waals surface area contributed by atoms with E-state index in [4.69, 9.17) is 0 Å². The van der Waals surface area contributed by atoms with Gasteiger partial charge in [-0.3, -0.25) is 4.79 Å². The third kappa shape index (κ3) is 2.27. The predicted octanol–water partition coefficient (Wildman–Crippen LogP) is 2.32. The maximum absolute atomic E-state index is 12.0. The molecule has 0 aromatic heterocycles. The van der Waals surface area contributed by atoms with Crippen molar-refractivity contribution in [2.75, 3.05) is 5.75 Å². The standard InChI is InChI=1S/C13H16O3S/c1-2-5-12(14)10-8-9-17(15,16)13-7-4-3-6-11(10)13/h3-4,6-7,10H,2,5,8-9H2,1H3. The summed E-state index contributed by atoms with van der Waals surface area (Å²) in [7, 11) is -3.18. The minimum absolute atomic E-state index is 0.0874. The van der Waals surface area contributed by atoms with Crippen molar-refractivity contribution < 1.29 is 13.2 Å². The summed E-state index contributed by atoms with van der Waals surface area (Å²) >= 11 is 0. The Morgan fingerprint density at radius 3 is 2.76 bits per heavy atom. The first-order valence-corrected chi connectivity index (χ1v) is 7.56. The maximum Gasteiger partial charge on any atom is 0.178 e. The molecular weight excluding hydrogens is 236 g/mol. The largest absolute Gasteiger partial charge is 0.299 e. The zero-order chi connectivity index (χ0) is 12.5. The first kappa shape index (κ1) is 12.3. The monoisotopic (exact) mass is 252 g/mol. The van der Waals surface area contributed by atoms with E-state index in [1.807, 2.05) is 6.92 Å². The van der Waals surface area contributed by atoms with Gasteiger partial charge >= 0.3 is 0 Å². The fraction of sp³-hybridized carbons (Fsp3) is 0.462. The van der Waals surface area contributed by atoms with Crippen LogP contribution in [0, 0.1) is 0 Å². The van der Waals surface area contributed by atoms with Crippen LogP contribution in [0.1, 0.15) is 37.7 Å². The van der Waals surface area contributed by atoms with E-state index >= 15 is 0 Å². The van der Waals surface area contributed by atoms with Gasteiger partial charge in [-0.25, -0.2) is 8.42 Å². The van der Waals surface area contributed by atoms with Crippen LogP contribution in [-0.2, 0) is 14.6 Å². The van der Waals surface area contributed by atoms with Crippen LogP contribution in [0.4, 0.5) is 0 Å². The van der Waals surface area contributed by atoms with Crippen LogP contribution in [0.5, 0.6) is 0 Å². The summed E-state index contributed by atoms with van der Waals surface area (Å²) in [5.74, 6) is 0.0222. The fourth-order valence-corrected chi connectivity index (χ4v) is 3.97. The second-order valence-corrected chi connectivity index (χ2v) is 6.49. The maximum atomic E-state index is 12.0. The van der Waals surface area contributed by atoms with E-state index in [-0.39, 0.29) is 17.5 Å². The van der Waals surface area contributed by atoms with Crippen LogP contribution in [0.15, 0.2) is 29.2 Å².